The molecule has 0 radical (unpaired) electrons. The van der Waals surface area contributed by atoms with Gasteiger partial charge in [0, 0.05) is 12.7 Å². The largest absolute Gasteiger partial charge is 0.459 e. The SMILES string of the molecule is O=C(Nc1ccn([C@@H]2O[C@H](CO)[C@@H](O)[C@H]2O)c(=NCCCC[C@H](NC(=O)OCc2ccccc2)C(=O)OCc2ccccc2)n1)OCc1ccccc1. The molecule has 15 nitrogen and oxygen atoms in total. The summed E-state index contributed by atoms with van der Waals surface area (Å²) in [6, 6.07) is 27.9. The van der Waals surface area contributed by atoms with E-state index < -0.39 is 55.3 Å². The maximum absolute atomic E-state index is 13.1. The van der Waals surface area contributed by atoms with Crippen LogP contribution in [0.4, 0.5) is 15.4 Å². The van der Waals surface area contributed by atoms with Crippen LogP contribution in [0.15, 0.2) is 108 Å². The van der Waals surface area contributed by atoms with Gasteiger partial charge in [-0.15, -0.1) is 0 Å². The van der Waals surface area contributed by atoms with E-state index in [4.69, 9.17) is 18.9 Å². The Balaban J connectivity index is 1.24. The molecule has 280 valence electrons. The lowest BCUT2D eigenvalue weighted by Gasteiger charge is -2.19. The van der Waals surface area contributed by atoms with Crippen LogP contribution in [-0.4, -0.2) is 80.5 Å². The minimum atomic E-state index is -1.40. The Kier molecular flexibility index (Phi) is 14.5. The van der Waals surface area contributed by atoms with Crippen LogP contribution < -0.4 is 16.3 Å². The average Bonchev–Trinajstić information content (AvgIpc) is 3.48. The van der Waals surface area contributed by atoms with Crippen LogP contribution in [0.3, 0.4) is 0 Å². The van der Waals surface area contributed by atoms with Crippen molar-refractivity contribution in [2.75, 3.05) is 18.5 Å². The van der Waals surface area contributed by atoms with Gasteiger partial charge < -0.3 is 39.6 Å². The third kappa shape index (κ3) is 11.7. The number of anilines is 1. The molecule has 0 unspecified atom stereocenters. The third-order valence-electron chi connectivity index (χ3n) is 8.25. The molecule has 5 atom stereocenters. The van der Waals surface area contributed by atoms with Gasteiger partial charge in [0.1, 0.15) is 50.0 Å². The predicted molar refractivity (Wildman–Crippen MR) is 190 cm³/mol. The molecule has 1 saturated heterocycles. The molecule has 0 bridgehead atoms. The zero-order valence-electron chi connectivity index (χ0n) is 28.9. The van der Waals surface area contributed by atoms with Gasteiger partial charge in [-0.25, -0.2) is 14.4 Å². The summed E-state index contributed by atoms with van der Waals surface area (Å²) in [6.07, 6.45) is -3.92. The van der Waals surface area contributed by atoms with Crippen LogP contribution in [0.1, 0.15) is 42.2 Å². The van der Waals surface area contributed by atoms with E-state index in [0.29, 0.717) is 12.8 Å². The average molecular weight is 730 g/mol. The Morgan fingerprint density at radius 3 is 1.91 bits per heavy atom. The molecule has 0 saturated carbocycles. The molecule has 1 aliphatic heterocycles. The number of benzene rings is 3. The van der Waals surface area contributed by atoms with E-state index in [0.717, 1.165) is 16.7 Å². The van der Waals surface area contributed by atoms with Gasteiger partial charge in [-0.05, 0) is 42.0 Å². The highest BCUT2D eigenvalue weighted by molar-refractivity contribution is 5.83. The van der Waals surface area contributed by atoms with Crippen molar-refractivity contribution in [1.82, 2.24) is 14.9 Å². The van der Waals surface area contributed by atoms with Crippen LogP contribution in [0.2, 0.25) is 0 Å². The topological polar surface area (TPSA) is 203 Å². The minimum Gasteiger partial charge on any atom is -0.459 e. The van der Waals surface area contributed by atoms with E-state index in [-0.39, 0.29) is 44.2 Å². The van der Waals surface area contributed by atoms with Crippen molar-refractivity contribution >= 4 is 24.0 Å². The van der Waals surface area contributed by atoms with Gasteiger partial charge in [0.05, 0.1) is 6.61 Å². The summed E-state index contributed by atoms with van der Waals surface area (Å²) in [5, 5.41) is 35.8. The van der Waals surface area contributed by atoms with Crippen molar-refractivity contribution in [2.45, 2.75) is 69.7 Å². The number of carbonyl (C=O) groups is 3. The summed E-state index contributed by atoms with van der Waals surface area (Å²) >= 11 is 0. The number of nitrogens with one attached hydrogen (secondary N) is 2. The summed E-state index contributed by atoms with van der Waals surface area (Å²) in [5.41, 5.74) is 2.43. The fourth-order valence-corrected chi connectivity index (χ4v) is 5.40. The monoisotopic (exact) mass is 729 g/mol. The number of ether oxygens (including phenoxy) is 4. The maximum Gasteiger partial charge on any atom is 0.413 e. The lowest BCUT2D eigenvalue weighted by Crippen LogP contribution is -2.42. The number of alkyl carbamates (subject to hydrolysis) is 1. The van der Waals surface area contributed by atoms with Crippen molar-refractivity contribution in [1.29, 1.82) is 0 Å². The number of amides is 2. The van der Waals surface area contributed by atoms with Gasteiger partial charge in [-0.3, -0.25) is 14.9 Å². The number of esters is 1. The van der Waals surface area contributed by atoms with Crippen LogP contribution >= 0.6 is 0 Å². The van der Waals surface area contributed by atoms with E-state index in [1.165, 1.54) is 16.8 Å². The van der Waals surface area contributed by atoms with Gasteiger partial charge >= 0.3 is 18.2 Å². The molecular weight excluding hydrogens is 686 g/mol. The predicted octanol–water partition coefficient (Wildman–Crippen LogP) is 3.35. The molecule has 0 spiro atoms. The molecule has 1 aliphatic rings. The smallest absolute Gasteiger partial charge is 0.413 e. The molecule has 53 heavy (non-hydrogen) atoms. The first kappa shape index (κ1) is 38.6. The van der Waals surface area contributed by atoms with Crippen molar-refractivity contribution in [2.24, 2.45) is 4.99 Å². The lowest BCUT2D eigenvalue weighted by atomic mass is 10.1. The Morgan fingerprint density at radius 1 is 0.774 bits per heavy atom. The maximum atomic E-state index is 13.1. The third-order valence-corrected chi connectivity index (χ3v) is 8.25. The Morgan fingerprint density at radius 2 is 1.34 bits per heavy atom. The van der Waals surface area contributed by atoms with Gasteiger partial charge in [-0.1, -0.05) is 91.0 Å². The quantitative estimate of drug-likeness (QED) is 0.0643. The molecule has 15 heteroatoms. The number of nitrogens with zero attached hydrogens (tertiary/aromatic N) is 3. The normalized spacial score (nSPS) is 18.9. The molecule has 1 fully saturated rings. The number of aliphatic hydroxyl groups is 3. The van der Waals surface area contributed by atoms with Crippen molar-refractivity contribution in [3.63, 3.8) is 0 Å². The molecule has 3 aromatic carbocycles. The van der Waals surface area contributed by atoms with Crippen LogP contribution in [-0.2, 0) is 43.6 Å². The first-order valence-corrected chi connectivity index (χ1v) is 17.2. The minimum absolute atomic E-state index is 0.0263. The van der Waals surface area contributed by atoms with Crippen molar-refractivity contribution in [3.8, 4) is 0 Å². The highest BCUT2D eigenvalue weighted by Crippen LogP contribution is 2.28. The summed E-state index contributed by atoms with van der Waals surface area (Å²) in [5.74, 6) is -0.520. The second-order valence-corrected chi connectivity index (χ2v) is 12.2. The molecule has 1 aromatic heterocycles. The molecule has 5 rings (SSSR count). The van der Waals surface area contributed by atoms with Gasteiger partial charge in [0.2, 0.25) is 5.62 Å². The van der Waals surface area contributed by atoms with E-state index in [9.17, 15) is 29.7 Å². The van der Waals surface area contributed by atoms with E-state index >= 15 is 0 Å². The van der Waals surface area contributed by atoms with E-state index in [2.05, 4.69) is 20.6 Å². The Hall–Kier alpha value is -5.61. The first-order chi connectivity index (χ1) is 25.8. The zero-order chi connectivity index (χ0) is 37.4. The van der Waals surface area contributed by atoms with Gasteiger partial charge in [0.25, 0.3) is 0 Å². The molecule has 2 heterocycles. The second-order valence-electron chi connectivity index (χ2n) is 12.2. The molecular formula is C38H43N5O10. The van der Waals surface area contributed by atoms with Gasteiger partial charge in [0.15, 0.2) is 6.23 Å². The number of unbranched alkanes of at least 4 members (excludes halogenated alkanes) is 1. The van der Waals surface area contributed by atoms with Crippen LogP contribution in [0.5, 0.6) is 0 Å². The summed E-state index contributed by atoms with van der Waals surface area (Å²) < 4.78 is 23.2. The first-order valence-electron chi connectivity index (χ1n) is 17.2. The lowest BCUT2D eigenvalue weighted by molar-refractivity contribution is -0.147. The van der Waals surface area contributed by atoms with E-state index in [1.54, 1.807) is 0 Å². The summed E-state index contributed by atoms with van der Waals surface area (Å²) in [6.45, 7) is -0.250. The highest BCUT2D eigenvalue weighted by Gasteiger charge is 2.43. The Bertz CT molecular complexity index is 1830. The molecule has 4 aromatic rings. The number of rotatable bonds is 16. The number of aliphatic hydroxyl groups excluding tert-OH is 3. The fourth-order valence-electron chi connectivity index (χ4n) is 5.40. The van der Waals surface area contributed by atoms with Crippen LogP contribution in [0.25, 0.3) is 0 Å². The fraction of sp³-hybridized carbons (Fsp3) is 0.342. The summed E-state index contributed by atoms with van der Waals surface area (Å²) in [7, 11) is 0. The number of hydrogen-bond donors (Lipinski definition) is 5. The van der Waals surface area contributed by atoms with Gasteiger partial charge in [-0.2, -0.15) is 4.98 Å². The number of hydrogen-bond acceptors (Lipinski definition) is 12. The second kappa shape index (κ2) is 19.8. The molecule has 5 N–H and O–H groups in total. The van der Waals surface area contributed by atoms with Crippen molar-refractivity contribution < 1.29 is 48.7 Å². The summed E-state index contributed by atoms with van der Waals surface area (Å²) in [4.78, 5) is 47.3. The van der Waals surface area contributed by atoms with E-state index in [1.807, 2.05) is 91.0 Å². The molecule has 2 amide bonds. The molecule has 0 aliphatic carbocycles. The highest BCUT2D eigenvalue weighted by atomic mass is 16.6. The van der Waals surface area contributed by atoms with Crippen LogP contribution in [0, 0.1) is 0 Å². The zero-order valence-corrected chi connectivity index (χ0v) is 28.9. The van der Waals surface area contributed by atoms with Crippen molar-refractivity contribution in [3.05, 3.63) is 126 Å². The number of aromatic nitrogens is 2. The standard InChI is InChI=1S/C38H43N5O10/c44-22-30-32(45)33(46)34(53-30)43-21-19-31(42-38(49)52-25-28-16-8-3-9-17-28)41-36(43)39-20-11-10-18-29(35(47)50-23-26-12-4-1-5-13-26)40-37(48)51-24-27-14-6-2-7-15-27/h1-9,12-17,19,21,29-30,32-34,44-46H,10-11,18,20,22-25H2,(H,40,48)(H,39,41,42,49)/t29-,30+,32+,33+,34+/m0/s1. The Labute approximate surface area is 305 Å². The number of carbonyl (C=O) groups excluding carboxylic acids is 3.